The number of hydrogen-bond donors (Lipinski definition) is 6. The van der Waals surface area contributed by atoms with Crippen molar-refractivity contribution in [3.8, 4) is 0 Å². The third-order valence-corrected chi connectivity index (χ3v) is 5.46. The van der Waals surface area contributed by atoms with Gasteiger partial charge in [0.25, 0.3) is 0 Å². The number of amides is 3. The first-order valence-corrected chi connectivity index (χ1v) is 11.5. The molecule has 0 aromatic rings. The number of rotatable bonds is 13. The van der Waals surface area contributed by atoms with Gasteiger partial charge in [-0.3, -0.25) is 19.4 Å². The van der Waals surface area contributed by atoms with Crippen LogP contribution >= 0.6 is 11.8 Å². The third kappa shape index (κ3) is 9.42. The zero-order valence-corrected chi connectivity index (χ0v) is 18.5. The molecule has 176 valence electrons. The quantitative estimate of drug-likeness (QED) is 0.100. The van der Waals surface area contributed by atoms with E-state index in [9.17, 15) is 24.3 Å². The van der Waals surface area contributed by atoms with Crippen LogP contribution in [0.5, 0.6) is 0 Å². The molecule has 0 saturated carbocycles. The summed E-state index contributed by atoms with van der Waals surface area (Å²) in [5.41, 5.74) is 16.2. The molecule has 12 nitrogen and oxygen atoms in total. The Labute approximate surface area is 185 Å². The Bertz CT molecular complexity index is 672. The van der Waals surface area contributed by atoms with Gasteiger partial charge in [0.2, 0.25) is 17.7 Å². The molecule has 3 atom stereocenters. The fourth-order valence-corrected chi connectivity index (χ4v) is 3.63. The average Bonchev–Trinajstić information content (AvgIpc) is 3.21. The first-order chi connectivity index (χ1) is 14.7. The molecule has 9 N–H and O–H groups in total. The van der Waals surface area contributed by atoms with Crippen LogP contribution < -0.4 is 27.8 Å². The van der Waals surface area contributed by atoms with Crippen LogP contribution in [0.25, 0.3) is 0 Å². The molecule has 0 spiro atoms. The summed E-state index contributed by atoms with van der Waals surface area (Å²) in [6.45, 7) is 0.332. The summed E-state index contributed by atoms with van der Waals surface area (Å²) in [7, 11) is 0. The van der Waals surface area contributed by atoms with Crippen LogP contribution in [0.2, 0.25) is 0 Å². The number of guanidine groups is 1. The molecule has 1 heterocycles. The monoisotopic (exact) mass is 459 g/mol. The lowest BCUT2D eigenvalue weighted by molar-refractivity contribution is -0.144. The number of carboxylic acid groups (broad SMARTS) is 1. The number of thioether (sulfide) groups is 1. The number of likely N-dealkylation sites (tertiary alicyclic amines) is 1. The maximum Gasteiger partial charge on any atom is 0.326 e. The summed E-state index contributed by atoms with van der Waals surface area (Å²) >= 11 is 1.57. The minimum atomic E-state index is -1.18. The second-order valence-corrected chi connectivity index (χ2v) is 8.18. The third-order valence-electron chi connectivity index (χ3n) is 4.82. The van der Waals surface area contributed by atoms with Crippen molar-refractivity contribution in [2.45, 2.75) is 50.2 Å². The van der Waals surface area contributed by atoms with E-state index in [4.69, 9.17) is 17.2 Å². The predicted octanol–water partition coefficient (Wildman–Crippen LogP) is -2.20. The Morgan fingerprint density at radius 3 is 2.58 bits per heavy atom. The van der Waals surface area contributed by atoms with Crippen LogP contribution in [0.4, 0.5) is 0 Å². The fourth-order valence-electron chi connectivity index (χ4n) is 3.14. The van der Waals surface area contributed by atoms with E-state index < -0.39 is 41.8 Å². The van der Waals surface area contributed by atoms with E-state index in [0.29, 0.717) is 32.2 Å². The van der Waals surface area contributed by atoms with Gasteiger partial charge in [0.05, 0.1) is 12.6 Å². The highest BCUT2D eigenvalue weighted by molar-refractivity contribution is 7.98. The molecule has 13 heteroatoms. The normalized spacial score (nSPS) is 17.5. The molecule has 1 aliphatic heterocycles. The van der Waals surface area contributed by atoms with Gasteiger partial charge in [0.1, 0.15) is 12.1 Å². The van der Waals surface area contributed by atoms with Crippen molar-refractivity contribution in [2.24, 2.45) is 22.2 Å². The number of carbonyl (C=O) groups excluding carboxylic acids is 3. The number of nitrogens with two attached hydrogens (primary N) is 3. The molecular weight excluding hydrogens is 426 g/mol. The first kappa shape index (κ1) is 26.5. The van der Waals surface area contributed by atoms with Gasteiger partial charge >= 0.3 is 5.97 Å². The summed E-state index contributed by atoms with van der Waals surface area (Å²) < 4.78 is 0. The van der Waals surface area contributed by atoms with E-state index in [1.165, 1.54) is 4.90 Å². The van der Waals surface area contributed by atoms with Gasteiger partial charge in [0.15, 0.2) is 5.96 Å². The van der Waals surface area contributed by atoms with Crippen LogP contribution in [0, 0.1) is 0 Å². The Kier molecular flexibility index (Phi) is 11.7. The highest BCUT2D eigenvalue weighted by atomic mass is 32.2. The first-order valence-electron chi connectivity index (χ1n) is 10.1. The van der Waals surface area contributed by atoms with Gasteiger partial charge in [-0.1, -0.05) is 0 Å². The standard InChI is InChI=1S/C18H33N7O5S/c1-31-9-6-11(19)15(27)23-10-14(26)25-8-3-5-13(25)16(28)24-12(17(29)30)4-2-7-22-18(20)21/h11-13H,2-10,19H2,1H3,(H,23,27)(H,24,28)(H,29,30)(H4,20,21,22)/t11-,12-,13-/m0/s1. The maximum atomic E-state index is 12.6. The number of hydrogen-bond acceptors (Lipinski definition) is 7. The van der Waals surface area contributed by atoms with Crippen molar-refractivity contribution in [2.75, 3.05) is 31.6 Å². The van der Waals surface area contributed by atoms with E-state index in [1.54, 1.807) is 11.8 Å². The topological polar surface area (TPSA) is 206 Å². The van der Waals surface area contributed by atoms with Gasteiger partial charge in [0, 0.05) is 13.1 Å². The van der Waals surface area contributed by atoms with Crippen molar-refractivity contribution >= 4 is 41.4 Å². The zero-order valence-electron chi connectivity index (χ0n) is 17.7. The molecule has 0 aliphatic carbocycles. The van der Waals surface area contributed by atoms with Gasteiger partial charge in [-0.2, -0.15) is 11.8 Å². The van der Waals surface area contributed by atoms with Gasteiger partial charge in [-0.05, 0) is 44.1 Å². The number of nitrogens with zero attached hydrogens (tertiary/aromatic N) is 2. The second-order valence-electron chi connectivity index (χ2n) is 7.20. The Balaban J connectivity index is 2.58. The molecule has 0 aromatic carbocycles. The Morgan fingerprint density at radius 1 is 1.26 bits per heavy atom. The molecule has 0 bridgehead atoms. The highest BCUT2D eigenvalue weighted by Crippen LogP contribution is 2.18. The summed E-state index contributed by atoms with van der Waals surface area (Å²) in [5.74, 6) is -1.91. The van der Waals surface area contributed by atoms with Crippen LogP contribution in [-0.4, -0.2) is 89.4 Å². The molecule has 0 unspecified atom stereocenters. The summed E-state index contributed by atoms with van der Waals surface area (Å²) in [5, 5.41) is 14.4. The minimum absolute atomic E-state index is 0.0895. The highest BCUT2D eigenvalue weighted by Gasteiger charge is 2.35. The number of carbonyl (C=O) groups is 4. The van der Waals surface area contributed by atoms with E-state index in [1.807, 2.05) is 6.26 Å². The average molecular weight is 460 g/mol. The molecule has 1 fully saturated rings. The molecule has 3 amide bonds. The van der Waals surface area contributed by atoms with Gasteiger partial charge in [-0.15, -0.1) is 0 Å². The molecule has 0 aromatic heterocycles. The summed E-state index contributed by atoms with van der Waals surface area (Å²) in [4.78, 5) is 53.8. The lowest BCUT2D eigenvalue weighted by atomic mass is 10.1. The molecule has 31 heavy (non-hydrogen) atoms. The van der Waals surface area contributed by atoms with Crippen molar-refractivity contribution in [1.82, 2.24) is 15.5 Å². The van der Waals surface area contributed by atoms with E-state index in [2.05, 4.69) is 15.6 Å². The molecule has 1 saturated heterocycles. The van der Waals surface area contributed by atoms with Crippen LogP contribution in [0.3, 0.4) is 0 Å². The molecule has 1 rings (SSSR count). The van der Waals surface area contributed by atoms with Crippen LogP contribution in [0.15, 0.2) is 4.99 Å². The maximum absolute atomic E-state index is 12.6. The molecule has 1 aliphatic rings. The van der Waals surface area contributed by atoms with E-state index in [-0.39, 0.29) is 25.5 Å². The summed E-state index contributed by atoms with van der Waals surface area (Å²) in [6.07, 6.45) is 3.93. The number of nitrogens with one attached hydrogen (secondary N) is 2. The number of aliphatic imine (C=N–C) groups is 1. The van der Waals surface area contributed by atoms with E-state index >= 15 is 0 Å². The lowest BCUT2D eigenvalue weighted by Crippen LogP contribution is -2.53. The Hall–Kier alpha value is -2.54. The van der Waals surface area contributed by atoms with Gasteiger partial charge in [-0.25, -0.2) is 4.79 Å². The molecule has 0 radical (unpaired) electrons. The zero-order chi connectivity index (χ0) is 23.4. The Morgan fingerprint density at radius 2 is 1.97 bits per heavy atom. The SMILES string of the molecule is CSCC[C@H](N)C(=O)NCC(=O)N1CCC[C@H]1C(=O)N[C@@H](CCCN=C(N)N)C(=O)O. The molecular formula is C18H33N7O5S. The van der Waals surface area contributed by atoms with Gasteiger partial charge < -0.3 is 37.8 Å². The number of aliphatic carboxylic acids is 1. The van der Waals surface area contributed by atoms with Crippen molar-refractivity contribution < 1.29 is 24.3 Å². The van der Waals surface area contributed by atoms with Crippen molar-refractivity contribution in [3.63, 3.8) is 0 Å². The van der Waals surface area contributed by atoms with Crippen LogP contribution in [0.1, 0.15) is 32.1 Å². The number of carboxylic acids is 1. The fraction of sp³-hybridized carbons (Fsp3) is 0.722. The van der Waals surface area contributed by atoms with Crippen molar-refractivity contribution in [3.05, 3.63) is 0 Å². The lowest BCUT2D eigenvalue weighted by Gasteiger charge is -2.26. The second kappa shape index (κ2) is 13.7. The minimum Gasteiger partial charge on any atom is -0.480 e. The largest absolute Gasteiger partial charge is 0.480 e. The van der Waals surface area contributed by atoms with E-state index in [0.717, 1.165) is 5.75 Å². The smallest absolute Gasteiger partial charge is 0.326 e. The van der Waals surface area contributed by atoms with Crippen molar-refractivity contribution in [1.29, 1.82) is 0 Å². The summed E-state index contributed by atoms with van der Waals surface area (Å²) in [6, 6.07) is -2.60. The van der Waals surface area contributed by atoms with Crippen LogP contribution in [-0.2, 0) is 19.2 Å². The predicted molar refractivity (Wildman–Crippen MR) is 118 cm³/mol.